The Labute approximate surface area is 172 Å². The first-order chi connectivity index (χ1) is 14.1. The van der Waals surface area contributed by atoms with Gasteiger partial charge in [0.05, 0.1) is 6.04 Å². The van der Waals surface area contributed by atoms with Gasteiger partial charge in [-0.1, -0.05) is 44.2 Å². The maximum atomic E-state index is 12.9. The van der Waals surface area contributed by atoms with Crippen LogP contribution in [-0.2, 0) is 22.6 Å². The molecule has 6 nitrogen and oxygen atoms in total. The minimum Gasteiger partial charge on any atom is -0.342 e. The van der Waals surface area contributed by atoms with E-state index in [2.05, 4.69) is 28.6 Å². The van der Waals surface area contributed by atoms with Crippen molar-refractivity contribution in [1.29, 1.82) is 0 Å². The molecule has 0 N–H and O–H groups in total. The van der Waals surface area contributed by atoms with Crippen molar-refractivity contribution >= 4 is 11.8 Å². The first-order valence-corrected chi connectivity index (χ1v) is 10.7. The Morgan fingerprint density at radius 3 is 2.59 bits per heavy atom. The van der Waals surface area contributed by atoms with E-state index in [9.17, 15) is 9.59 Å². The third-order valence-corrected chi connectivity index (χ3v) is 6.47. The number of amides is 2. The van der Waals surface area contributed by atoms with Gasteiger partial charge < -0.3 is 14.4 Å². The van der Waals surface area contributed by atoms with Gasteiger partial charge in [-0.15, -0.1) is 0 Å². The first kappa shape index (κ1) is 19.7. The minimum atomic E-state index is 0.0757. The summed E-state index contributed by atoms with van der Waals surface area (Å²) in [6.07, 6.45) is 5.64. The van der Waals surface area contributed by atoms with Gasteiger partial charge in [0.15, 0.2) is 0 Å². The van der Waals surface area contributed by atoms with E-state index in [0.29, 0.717) is 31.2 Å². The van der Waals surface area contributed by atoms with E-state index in [1.807, 2.05) is 41.1 Å². The van der Waals surface area contributed by atoms with Crippen LogP contribution in [0.4, 0.5) is 0 Å². The summed E-state index contributed by atoms with van der Waals surface area (Å²) < 4.78 is 2.07. The molecule has 154 valence electrons. The summed E-state index contributed by atoms with van der Waals surface area (Å²) in [5.74, 6) is 2.11. The van der Waals surface area contributed by atoms with Gasteiger partial charge in [-0.25, -0.2) is 4.98 Å². The van der Waals surface area contributed by atoms with Gasteiger partial charge in [0.25, 0.3) is 0 Å². The van der Waals surface area contributed by atoms with Gasteiger partial charge in [0.2, 0.25) is 11.8 Å². The number of imidazole rings is 1. The zero-order chi connectivity index (χ0) is 20.4. The number of nitrogens with zero attached hydrogens (tertiary/aromatic N) is 4. The zero-order valence-corrected chi connectivity index (χ0v) is 17.3. The van der Waals surface area contributed by atoms with Gasteiger partial charge in [-0.2, -0.15) is 0 Å². The molecular formula is C23H30N4O2. The van der Waals surface area contributed by atoms with Crippen LogP contribution < -0.4 is 0 Å². The Morgan fingerprint density at radius 1 is 1.07 bits per heavy atom. The molecule has 29 heavy (non-hydrogen) atoms. The number of fused-ring (bicyclic) bond motifs is 1. The van der Waals surface area contributed by atoms with Crippen LogP contribution in [0.3, 0.4) is 0 Å². The van der Waals surface area contributed by atoms with Crippen LogP contribution in [0.5, 0.6) is 0 Å². The number of carbonyl (C=O) groups excluding carboxylic acids is 2. The van der Waals surface area contributed by atoms with E-state index in [4.69, 9.17) is 0 Å². The molecule has 3 atom stereocenters. The van der Waals surface area contributed by atoms with Crippen molar-refractivity contribution in [3.05, 3.63) is 54.1 Å². The lowest BCUT2D eigenvalue weighted by atomic mass is 9.89. The van der Waals surface area contributed by atoms with Crippen molar-refractivity contribution in [3.63, 3.8) is 0 Å². The number of hydrogen-bond donors (Lipinski definition) is 0. The van der Waals surface area contributed by atoms with E-state index in [-0.39, 0.29) is 17.9 Å². The Hall–Kier alpha value is -2.63. The molecule has 0 radical (unpaired) electrons. The van der Waals surface area contributed by atoms with Gasteiger partial charge in [0.1, 0.15) is 5.82 Å². The van der Waals surface area contributed by atoms with Crippen LogP contribution >= 0.6 is 0 Å². The third-order valence-electron chi connectivity index (χ3n) is 6.47. The van der Waals surface area contributed by atoms with Crippen LogP contribution in [0.2, 0.25) is 0 Å². The second kappa shape index (κ2) is 8.39. The Balaban J connectivity index is 1.45. The van der Waals surface area contributed by atoms with Crippen LogP contribution in [0.1, 0.15) is 44.1 Å². The average Bonchev–Trinajstić information content (AvgIpc) is 3.45. The molecule has 0 aliphatic carbocycles. The molecular weight excluding hydrogens is 364 g/mol. The number of benzene rings is 1. The number of aromatic nitrogens is 2. The summed E-state index contributed by atoms with van der Waals surface area (Å²) in [6, 6.07) is 10.4. The Morgan fingerprint density at radius 2 is 1.86 bits per heavy atom. The van der Waals surface area contributed by atoms with Crippen molar-refractivity contribution in [3.8, 4) is 0 Å². The molecule has 2 aliphatic rings. The molecule has 2 saturated heterocycles. The van der Waals surface area contributed by atoms with Crippen LogP contribution in [0, 0.1) is 11.8 Å². The van der Waals surface area contributed by atoms with E-state index in [1.54, 1.807) is 6.20 Å². The second-order valence-electron chi connectivity index (χ2n) is 8.12. The van der Waals surface area contributed by atoms with Crippen molar-refractivity contribution in [1.82, 2.24) is 19.4 Å². The summed E-state index contributed by atoms with van der Waals surface area (Å²) >= 11 is 0. The highest BCUT2D eigenvalue weighted by molar-refractivity contribution is 5.78. The molecule has 1 aromatic carbocycles. The predicted octanol–water partition coefficient (Wildman–Crippen LogP) is 2.90. The summed E-state index contributed by atoms with van der Waals surface area (Å²) in [4.78, 5) is 33.9. The second-order valence-corrected chi connectivity index (χ2v) is 8.12. The van der Waals surface area contributed by atoms with Crippen LogP contribution in [0.25, 0.3) is 0 Å². The summed E-state index contributed by atoms with van der Waals surface area (Å²) in [5.41, 5.74) is 1.18. The molecule has 0 bridgehead atoms. The largest absolute Gasteiger partial charge is 0.342 e. The Bertz CT molecular complexity index is 863. The van der Waals surface area contributed by atoms with E-state index >= 15 is 0 Å². The quantitative estimate of drug-likeness (QED) is 0.757. The van der Waals surface area contributed by atoms with Crippen molar-refractivity contribution < 1.29 is 9.59 Å². The molecule has 0 unspecified atom stereocenters. The smallest absolute Gasteiger partial charge is 0.224 e. The number of rotatable bonds is 6. The fourth-order valence-corrected chi connectivity index (χ4v) is 5.02. The van der Waals surface area contributed by atoms with Gasteiger partial charge in [-0.3, -0.25) is 9.59 Å². The SMILES string of the molecule is CCC(=O)N1C[C@@H]2CN(C(=O)CCn3ccnc3CC)C[C@@H]2[C@H]1c1ccccc1. The first-order valence-electron chi connectivity index (χ1n) is 10.7. The molecule has 2 amide bonds. The zero-order valence-electron chi connectivity index (χ0n) is 17.3. The highest BCUT2D eigenvalue weighted by Gasteiger charge is 2.49. The third kappa shape index (κ3) is 3.80. The normalized spacial score (nSPS) is 23.4. The molecule has 2 aliphatic heterocycles. The van der Waals surface area contributed by atoms with Crippen LogP contribution in [0.15, 0.2) is 42.7 Å². The number of aryl methyl sites for hydroxylation is 2. The van der Waals surface area contributed by atoms with Gasteiger partial charge in [-0.05, 0) is 5.56 Å². The fraction of sp³-hybridized carbons (Fsp3) is 0.522. The maximum absolute atomic E-state index is 12.9. The molecule has 6 heteroatoms. The van der Waals surface area contributed by atoms with Crippen LogP contribution in [-0.4, -0.2) is 50.8 Å². The molecule has 2 fully saturated rings. The maximum Gasteiger partial charge on any atom is 0.224 e. The molecule has 3 heterocycles. The van der Waals surface area contributed by atoms with Crippen molar-refractivity contribution in [2.24, 2.45) is 11.8 Å². The minimum absolute atomic E-state index is 0.0757. The van der Waals surface area contributed by atoms with E-state index < -0.39 is 0 Å². The Kier molecular flexibility index (Phi) is 5.69. The predicted molar refractivity (Wildman–Crippen MR) is 111 cm³/mol. The van der Waals surface area contributed by atoms with E-state index in [1.165, 1.54) is 5.56 Å². The molecule has 2 aromatic rings. The molecule has 0 spiro atoms. The van der Waals surface area contributed by atoms with Crippen molar-refractivity contribution in [2.45, 2.75) is 45.7 Å². The number of carbonyl (C=O) groups is 2. The molecule has 1 aromatic heterocycles. The fourth-order valence-electron chi connectivity index (χ4n) is 5.02. The lowest BCUT2D eigenvalue weighted by Gasteiger charge is -2.30. The lowest BCUT2D eigenvalue weighted by molar-refractivity contribution is -0.133. The highest BCUT2D eigenvalue weighted by Crippen LogP contribution is 2.45. The molecule has 0 saturated carbocycles. The topological polar surface area (TPSA) is 58.4 Å². The summed E-state index contributed by atoms with van der Waals surface area (Å²) in [5, 5.41) is 0. The summed E-state index contributed by atoms with van der Waals surface area (Å²) in [7, 11) is 0. The van der Waals surface area contributed by atoms with Gasteiger partial charge in [0, 0.05) is 69.7 Å². The van der Waals surface area contributed by atoms with E-state index in [0.717, 1.165) is 31.9 Å². The van der Waals surface area contributed by atoms with Gasteiger partial charge >= 0.3 is 0 Å². The molecule has 4 rings (SSSR count). The summed E-state index contributed by atoms with van der Waals surface area (Å²) in [6.45, 7) is 6.93. The number of hydrogen-bond acceptors (Lipinski definition) is 3. The standard InChI is InChI=1S/C23H30N4O2/c1-3-20-24-11-13-25(20)12-10-22(29)26-14-18-15-27(21(28)4-2)23(19(18)16-26)17-8-6-5-7-9-17/h5-9,11,13,18-19,23H,3-4,10,12,14-16H2,1-2H3/t18-,19-,23+/m0/s1. The number of likely N-dealkylation sites (tertiary alicyclic amines) is 2. The van der Waals surface area contributed by atoms with Crippen molar-refractivity contribution in [2.75, 3.05) is 19.6 Å². The average molecular weight is 395 g/mol. The highest BCUT2D eigenvalue weighted by atomic mass is 16.2. The monoisotopic (exact) mass is 394 g/mol. The lowest BCUT2D eigenvalue weighted by Crippen LogP contribution is -2.37.